The van der Waals surface area contributed by atoms with E-state index >= 15 is 0 Å². The van der Waals surface area contributed by atoms with E-state index in [2.05, 4.69) is 15.9 Å². The predicted octanol–water partition coefficient (Wildman–Crippen LogP) is 4.74. The first-order chi connectivity index (χ1) is 9.72. The van der Waals surface area contributed by atoms with Crippen LogP contribution in [-0.4, -0.2) is 0 Å². The Morgan fingerprint density at radius 2 is 1.45 bits per heavy atom. The van der Waals surface area contributed by atoms with Crippen LogP contribution >= 0.6 is 15.9 Å². The summed E-state index contributed by atoms with van der Waals surface area (Å²) in [4.78, 5) is 11.7. The zero-order chi connectivity index (χ0) is 13.9. The molecule has 1 aromatic heterocycles. The Balaban J connectivity index is 2.12. The first-order valence-corrected chi connectivity index (χ1v) is 6.98. The van der Waals surface area contributed by atoms with Crippen molar-refractivity contribution in [3.8, 4) is 22.5 Å². The van der Waals surface area contributed by atoms with E-state index in [0.29, 0.717) is 5.76 Å². The van der Waals surface area contributed by atoms with Crippen molar-refractivity contribution in [2.75, 3.05) is 0 Å². The summed E-state index contributed by atoms with van der Waals surface area (Å²) in [6.07, 6.45) is 0. The maximum absolute atomic E-state index is 11.7. The largest absolute Gasteiger partial charge is 0.423 e. The summed E-state index contributed by atoms with van der Waals surface area (Å²) >= 11 is 3.40. The van der Waals surface area contributed by atoms with Crippen LogP contribution in [0.2, 0.25) is 0 Å². The third kappa shape index (κ3) is 2.73. The molecule has 3 rings (SSSR count). The topological polar surface area (TPSA) is 30.2 Å². The molecule has 1 heterocycles. The Kier molecular flexibility index (Phi) is 3.52. The highest BCUT2D eigenvalue weighted by atomic mass is 79.9. The highest BCUT2D eigenvalue weighted by Crippen LogP contribution is 2.25. The maximum Gasteiger partial charge on any atom is 0.336 e. The van der Waals surface area contributed by atoms with Crippen LogP contribution in [0.25, 0.3) is 22.5 Å². The van der Waals surface area contributed by atoms with Gasteiger partial charge in [0.05, 0.1) is 0 Å². The van der Waals surface area contributed by atoms with Crippen molar-refractivity contribution in [1.82, 2.24) is 0 Å². The van der Waals surface area contributed by atoms with Crippen LogP contribution in [-0.2, 0) is 0 Å². The molecular weight excluding hydrogens is 316 g/mol. The molecule has 0 aliphatic heterocycles. The number of hydrogen-bond acceptors (Lipinski definition) is 2. The van der Waals surface area contributed by atoms with Gasteiger partial charge >= 0.3 is 5.63 Å². The molecule has 0 fully saturated rings. The first-order valence-electron chi connectivity index (χ1n) is 6.19. The van der Waals surface area contributed by atoms with Gasteiger partial charge in [-0.15, -0.1) is 0 Å². The number of rotatable bonds is 2. The van der Waals surface area contributed by atoms with Crippen LogP contribution in [0.5, 0.6) is 0 Å². The molecule has 0 aliphatic carbocycles. The molecule has 0 spiro atoms. The Hall–Kier alpha value is -2.13. The van der Waals surface area contributed by atoms with Crippen LogP contribution in [0, 0.1) is 0 Å². The maximum atomic E-state index is 11.7. The molecule has 3 aromatic rings. The fourth-order valence-corrected chi connectivity index (χ4v) is 2.30. The summed E-state index contributed by atoms with van der Waals surface area (Å²) in [6, 6.07) is 20.8. The molecular formula is C17H11BrO2. The molecule has 0 unspecified atom stereocenters. The minimum absolute atomic E-state index is 0.343. The molecule has 2 aromatic carbocycles. The third-order valence-corrected chi connectivity index (χ3v) is 3.54. The lowest BCUT2D eigenvalue weighted by molar-refractivity contribution is 0.526. The summed E-state index contributed by atoms with van der Waals surface area (Å²) in [5.74, 6) is 0.580. The SMILES string of the molecule is O=c1cc(-c2ccc(Br)cc2)cc(-c2ccccc2)o1. The fourth-order valence-electron chi connectivity index (χ4n) is 2.03. The number of halogens is 1. The first kappa shape index (κ1) is 12.9. The van der Waals surface area contributed by atoms with E-state index in [0.717, 1.165) is 21.2 Å². The highest BCUT2D eigenvalue weighted by Gasteiger charge is 2.06. The molecule has 0 aliphatic rings. The quantitative estimate of drug-likeness (QED) is 0.681. The van der Waals surface area contributed by atoms with Crippen molar-refractivity contribution < 1.29 is 4.42 Å². The van der Waals surface area contributed by atoms with Gasteiger partial charge in [0.25, 0.3) is 0 Å². The van der Waals surface area contributed by atoms with E-state index in [1.807, 2.05) is 60.7 Å². The Bertz CT molecular complexity index is 774. The molecule has 0 atom stereocenters. The average molecular weight is 327 g/mol. The lowest BCUT2D eigenvalue weighted by atomic mass is 10.0. The van der Waals surface area contributed by atoms with Crippen LogP contribution in [0.3, 0.4) is 0 Å². The zero-order valence-corrected chi connectivity index (χ0v) is 12.1. The predicted molar refractivity (Wildman–Crippen MR) is 83.6 cm³/mol. The molecule has 0 saturated heterocycles. The molecule has 0 N–H and O–H groups in total. The minimum Gasteiger partial charge on any atom is -0.423 e. The van der Waals surface area contributed by atoms with Gasteiger partial charge < -0.3 is 4.42 Å². The van der Waals surface area contributed by atoms with Gasteiger partial charge in [-0.3, -0.25) is 0 Å². The smallest absolute Gasteiger partial charge is 0.336 e. The van der Waals surface area contributed by atoms with Gasteiger partial charge in [-0.05, 0) is 29.3 Å². The van der Waals surface area contributed by atoms with E-state index in [-0.39, 0.29) is 5.63 Å². The van der Waals surface area contributed by atoms with Gasteiger partial charge in [-0.2, -0.15) is 0 Å². The summed E-state index contributed by atoms with van der Waals surface area (Å²) in [7, 11) is 0. The fraction of sp³-hybridized carbons (Fsp3) is 0. The Morgan fingerprint density at radius 1 is 0.750 bits per heavy atom. The molecule has 0 amide bonds. The Morgan fingerprint density at radius 3 is 2.15 bits per heavy atom. The summed E-state index contributed by atoms with van der Waals surface area (Å²) in [5.41, 5.74) is 2.39. The van der Waals surface area contributed by atoms with Gasteiger partial charge in [-0.1, -0.05) is 58.4 Å². The Labute approximate surface area is 124 Å². The van der Waals surface area contributed by atoms with Crippen molar-refractivity contribution in [3.63, 3.8) is 0 Å². The van der Waals surface area contributed by atoms with Crippen LogP contribution in [0.4, 0.5) is 0 Å². The lowest BCUT2D eigenvalue weighted by Gasteiger charge is -2.04. The zero-order valence-electron chi connectivity index (χ0n) is 10.5. The van der Waals surface area contributed by atoms with E-state index in [1.165, 1.54) is 6.07 Å². The number of benzene rings is 2. The average Bonchev–Trinajstić information content (AvgIpc) is 2.48. The van der Waals surface area contributed by atoms with Crippen molar-refractivity contribution >= 4 is 15.9 Å². The standard InChI is InChI=1S/C17H11BrO2/c18-15-8-6-12(7-9-15)14-10-16(20-17(19)11-14)13-4-2-1-3-5-13/h1-11H. The summed E-state index contributed by atoms with van der Waals surface area (Å²) in [6.45, 7) is 0. The molecule has 3 heteroatoms. The van der Waals surface area contributed by atoms with Gasteiger partial charge in [-0.25, -0.2) is 4.79 Å². The van der Waals surface area contributed by atoms with Crippen molar-refractivity contribution in [3.05, 3.63) is 81.6 Å². The monoisotopic (exact) mass is 326 g/mol. The van der Waals surface area contributed by atoms with Crippen LogP contribution < -0.4 is 5.63 Å². The molecule has 0 saturated carbocycles. The van der Waals surface area contributed by atoms with Crippen molar-refractivity contribution in [2.24, 2.45) is 0 Å². The lowest BCUT2D eigenvalue weighted by Crippen LogP contribution is -1.98. The second-order valence-electron chi connectivity index (χ2n) is 4.40. The van der Waals surface area contributed by atoms with Gasteiger partial charge in [0.15, 0.2) is 0 Å². The normalized spacial score (nSPS) is 10.4. The second kappa shape index (κ2) is 5.47. The highest BCUT2D eigenvalue weighted by molar-refractivity contribution is 9.10. The van der Waals surface area contributed by atoms with Crippen LogP contribution in [0.1, 0.15) is 0 Å². The minimum atomic E-state index is -0.343. The molecule has 0 bridgehead atoms. The molecule has 2 nitrogen and oxygen atoms in total. The van der Waals surface area contributed by atoms with Gasteiger partial charge in [0.1, 0.15) is 5.76 Å². The molecule has 0 radical (unpaired) electrons. The van der Waals surface area contributed by atoms with Crippen molar-refractivity contribution in [1.29, 1.82) is 0 Å². The third-order valence-electron chi connectivity index (χ3n) is 3.01. The van der Waals surface area contributed by atoms with E-state index in [4.69, 9.17) is 4.42 Å². The van der Waals surface area contributed by atoms with Gasteiger partial charge in [0, 0.05) is 16.1 Å². The summed E-state index contributed by atoms with van der Waals surface area (Å²) < 4.78 is 6.29. The van der Waals surface area contributed by atoms with Crippen LogP contribution in [0.15, 0.2) is 80.4 Å². The second-order valence-corrected chi connectivity index (χ2v) is 5.32. The van der Waals surface area contributed by atoms with Gasteiger partial charge in [0.2, 0.25) is 0 Å². The molecule has 20 heavy (non-hydrogen) atoms. The number of hydrogen-bond donors (Lipinski definition) is 0. The van der Waals surface area contributed by atoms with E-state index < -0.39 is 0 Å². The summed E-state index contributed by atoms with van der Waals surface area (Å²) in [5, 5.41) is 0. The van der Waals surface area contributed by atoms with Crippen molar-refractivity contribution in [2.45, 2.75) is 0 Å². The van der Waals surface area contributed by atoms with E-state index in [9.17, 15) is 4.79 Å². The van der Waals surface area contributed by atoms with E-state index in [1.54, 1.807) is 0 Å². The molecule has 98 valence electrons.